The fourth-order valence-corrected chi connectivity index (χ4v) is 3.56. The summed E-state index contributed by atoms with van der Waals surface area (Å²) in [5.41, 5.74) is 8.33. The van der Waals surface area contributed by atoms with Gasteiger partial charge in [-0.25, -0.2) is 0 Å². The number of hydrogen-bond acceptors (Lipinski definition) is 3. The Morgan fingerprint density at radius 1 is 1.23 bits per heavy atom. The summed E-state index contributed by atoms with van der Waals surface area (Å²) in [7, 11) is 0. The number of rotatable bonds is 4. The number of hydrogen-bond donors (Lipinski definition) is 1. The Morgan fingerprint density at radius 3 is 2.36 bits per heavy atom. The minimum atomic E-state index is 0.118. The topological polar surface area (TPSA) is 49.6 Å². The van der Waals surface area contributed by atoms with Crippen molar-refractivity contribution in [2.24, 2.45) is 11.8 Å². The molecule has 1 heterocycles. The molecular weight excluding hydrogens is 274 g/mol. The van der Waals surface area contributed by atoms with E-state index < -0.39 is 0 Å². The highest BCUT2D eigenvalue weighted by molar-refractivity contribution is 6.00. The molecule has 0 aliphatic carbocycles. The maximum absolute atomic E-state index is 13.0. The minimum Gasteiger partial charge on any atom is -0.399 e. The van der Waals surface area contributed by atoms with Crippen LogP contribution in [0.3, 0.4) is 0 Å². The van der Waals surface area contributed by atoms with Crippen LogP contribution in [0.15, 0.2) is 18.2 Å². The van der Waals surface area contributed by atoms with Gasteiger partial charge in [0.25, 0.3) is 5.91 Å². The molecule has 0 radical (unpaired) electrons. The first-order chi connectivity index (χ1) is 10.5. The molecular formula is C18H29N3O. The van der Waals surface area contributed by atoms with E-state index >= 15 is 0 Å². The molecule has 1 aliphatic heterocycles. The van der Waals surface area contributed by atoms with Crippen molar-refractivity contribution in [3.05, 3.63) is 23.8 Å². The summed E-state index contributed by atoms with van der Waals surface area (Å²) in [5.74, 6) is 1.24. The van der Waals surface area contributed by atoms with Crippen molar-refractivity contribution < 1.29 is 4.79 Å². The second kappa shape index (κ2) is 7.03. The third-order valence-corrected chi connectivity index (χ3v) is 4.51. The predicted molar refractivity (Wildman–Crippen MR) is 93.3 cm³/mol. The summed E-state index contributed by atoms with van der Waals surface area (Å²) in [6.07, 6.45) is 1.20. The molecule has 0 unspecified atom stereocenters. The van der Waals surface area contributed by atoms with Crippen LogP contribution in [0.25, 0.3) is 0 Å². The summed E-state index contributed by atoms with van der Waals surface area (Å²) in [6, 6.07) is 5.69. The van der Waals surface area contributed by atoms with Gasteiger partial charge in [0.05, 0.1) is 5.56 Å². The van der Waals surface area contributed by atoms with E-state index in [0.29, 0.717) is 17.5 Å². The molecule has 0 saturated carbocycles. The first-order valence-corrected chi connectivity index (χ1v) is 8.39. The molecule has 2 atom stereocenters. The number of nitrogens with two attached hydrogens (primary N) is 1. The standard InChI is InChI=1S/C18H29N3O/c1-5-20(6-2)17-8-7-15(19)10-16(17)18(22)21-11-13(3)9-14(4)12-21/h7-8,10,13-14H,5-6,9,11-12,19H2,1-4H3/t13-,14+. The summed E-state index contributed by atoms with van der Waals surface area (Å²) in [6.45, 7) is 12.1. The van der Waals surface area contributed by atoms with Crippen molar-refractivity contribution in [1.29, 1.82) is 0 Å². The van der Waals surface area contributed by atoms with E-state index in [1.165, 1.54) is 6.42 Å². The molecule has 1 aromatic carbocycles. The van der Waals surface area contributed by atoms with Crippen LogP contribution in [-0.4, -0.2) is 37.0 Å². The second-order valence-electron chi connectivity index (χ2n) is 6.61. The molecule has 0 aromatic heterocycles. The quantitative estimate of drug-likeness (QED) is 0.869. The van der Waals surface area contributed by atoms with Crippen LogP contribution in [0.2, 0.25) is 0 Å². The van der Waals surface area contributed by atoms with E-state index in [1.807, 2.05) is 23.1 Å². The van der Waals surface area contributed by atoms with Crippen LogP contribution >= 0.6 is 0 Å². The molecule has 4 heteroatoms. The number of anilines is 2. The number of piperidine rings is 1. The van der Waals surface area contributed by atoms with Gasteiger partial charge in [-0.3, -0.25) is 4.79 Å². The summed E-state index contributed by atoms with van der Waals surface area (Å²) in [5, 5.41) is 0. The lowest BCUT2D eigenvalue weighted by molar-refractivity contribution is 0.0624. The summed E-state index contributed by atoms with van der Waals surface area (Å²) >= 11 is 0. The molecule has 1 aliphatic rings. The van der Waals surface area contributed by atoms with Crippen LogP contribution in [0.4, 0.5) is 11.4 Å². The number of nitrogens with zero attached hydrogens (tertiary/aromatic N) is 2. The molecule has 1 amide bonds. The van der Waals surface area contributed by atoms with Crippen molar-refractivity contribution in [3.8, 4) is 0 Å². The van der Waals surface area contributed by atoms with Crippen molar-refractivity contribution in [3.63, 3.8) is 0 Å². The second-order valence-corrected chi connectivity index (χ2v) is 6.61. The Balaban J connectivity index is 2.33. The Morgan fingerprint density at radius 2 is 1.82 bits per heavy atom. The molecule has 2 N–H and O–H groups in total. The number of carbonyl (C=O) groups excluding carboxylic acids is 1. The minimum absolute atomic E-state index is 0.118. The molecule has 4 nitrogen and oxygen atoms in total. The average Bonchev–Trinajstić information content (AvgIpc) is 2.48. The SMILES string of the molecule is CCN(CC)c1ccc(N)cc1C(=O)N1C[C@H](C)C[C@H](C)C1. The third kappa shape index (κ3) is 3.54. The Labute approximate surface area is 134 Å². The van der Waals surface area contributed by atoms with E-state index in [2.05, 4.69) is 32.6 Å². The van der Waals surface area contributed by atoms with Crippen LogP contribution in [0.5, 0.6) is 0 Å². The molecule has 0 bridgehead atoms. The highest BCUT2D eigenvalue weighted by Gasteiger charge is 2.28. The van der Waals surface area contributed by atoms with Gasteiger partial charge in [0.1, 0.15) is 0 Å². The molecule has 122 valence electrons. The molecule has 1 aromatic rings. The monoisotopic (exact) mass is 303 g/mol. The van der Waals surface area contributed by atoms with E-state index in [1.54, 1.807) is 0 Å². The number of likely N-dealkylation sites (tertiary alicyclic amines) is 1. The fourth-order valence-electron chi connectivity index (χ4n) is 3.56. The normalized spacial score (nSPS) is 21.7. The number of benzene rings is 1. The van der Waals surface area contributed by atoms with Gasteiger partial charge in [0.15, 0.2) is 0 Å². The fraction of sp³-hybridized carbons (Fsp3) is 0.611. The summed E-state index contributed by atoms with van der Waals surface area (Å²) in [4.78, 5) is 17.3. The third-order valence-electron chi connectivity index (χ3n) is 4.51. The van der Waals surface area contributed by atoms with Crippen LogP contribution in [0.1, 0.15) is 44.5 Å². The van der Waals surface area contributed by atoms with Crippen molar-refractivity contribution >= 4 is 17.3 Å². The van der Waals surface area contributed by atoms with Gasteiger partial charge < -0.3 is 15.5 Å². The summed E-state index contributed by atoms with van der Waals surface area (Å²) < 4.78 is 0. The van der Waals surface area contributed by atoms with Crippen LogP contribution in [0, 0.1) is 11.8 Å². The Kier molecular flexibility index (Phi) is 5.33. The van der Waals surface area contributed by atoms with Gasteiger partial charge in [-0.05, 0) is 50.3 Å². The van der Waals surface area contributed by atoms with Gasteiger partial charge in [0, 0.05) is 37.6 Å². The maximum atomic E-state index is 13.0. The maximum Gasteiger partial charge on any atom is 0.256 e. The van der Waals surface area contributed by atoms with Gasteiger partial charge >= 0.3 is 0 Å². The first-order valence-electron chi connectivity index (χ1n) is 8.39. The smallest absolute Gasteiger partial charge is 0.256 e. The Bertz CT molecular complexity index is 515. The average molecular weight is 303 g/mol. The predicted octanol–water partition coefficient (Wildman–Crippen LogP) is 3.23. The van der Waals surface area contributed by atoms with Gasteiger partial charge in [0.2, 0.25) is 0 Å². The van der Waals surface area contributed by atoms with Crippen molar-refractivity contribution in [1.82, 2.24) is 4.90 Å². The van der Waals surface area contributed by atoms with Crippen molar-refractivity contribution in [2.75, 3.05) is 36.8 Å². The van der Waals surface area contributed by atoms with Gasteiger partial charge in [-0.15, -0.1) is 0 Å². The van der Waals surface area contributed by atoms with Crippen LogP contribution in [-0.2, 0) is 0 Å². The molecule has 2 rings (SSSR count). The van der Waals surface area contributed by atoms with E-state index in [-0.39, 0.29) is 5.91 Å². The lowest BCUT2D eigenvalue weighted by Gasteiger charge is -2.36. The largest absolute Gasteiger partial charge is 0.399 e. The van der Waals surface area contributed by atoms with Gasteiger partial charge in [-0.1, -0.05) is 13.8 Å². The van der Waals surface area contributed by atoms with E-state index in [0.717, 1.165) is 37.4 Å². The van der Waals surface area contributed by atoms with E-state index in [4.69, 9.17) is 5.73 Å². The zero-order valence-corrected chi connectivity index (χ0v) is 14.3. The van der Waals surface area contributed by atoms with Crippen LogP contribution < -0.4 is 10.6 Å². The lowest BCUT2D eigenvalue weighted by Crippen LogP contribution is -2.43. The zero-order chi connectivity index (χ0) is 16.3. The number of carbonyl (C=O) groups is 1. The van der Waals surface area contributed by atoms with Crippen molar-refractivity contribution in [2.45, 2.75) is 34.1 Å². The molecule has 1 saturated heterocycles. The highest BCUT2D eigenvalue weighted by atomic mass is 16.2. The van der Waals surface area contributed by atoms with E-state index in [9.17, 15) is 4.79 Å². The lowest BCUT2D eigenvalue weighted by atomic mass is 9.91. The molecule has 22 heavy (non-hydrogen) atoms. The Hall–Kier alpha value is -1.71. The molecule has 1 fully saturated rings. The highest BCUT2D eigenvalue weighted by Crippen LogP contribution is 2.28. The molecule has 0 spiro atoms. The zero-order valence-electron chi connectivity index (χ0n) is 14.3. The first kappa shape index (κ1) is 16.7. The van der Waals surface area contributed by atoms with Gasteiger partial charge in [-0.2, -0.15) is 0 Å². The number of amides is 1. The number of nitrogen functional groups attached to an aromatic ring is 1.